The van der Waals surface area contributed by atoms with E-state index in [-0.39, 0.29) is 36.3 Å². The van der Waals surface area contributed by atoms with Crippen LogP contribution in [0.1, 0.15) is 60.8 Å². The van der Waals surface area contributed by atoms with Crippen molar-refractivity contribution in [3.8, 4) is 0 Å². The zero-order valence-corrected chi connectivity index (χ0v) is 26.4. The van der Waals surface area contributed by atoms with E-state index >= 15 is 0 Å². The number of fused-ring (bicyclic) bond motifs is 1. The second-order valence-electron chi connectivity index (χ2n) is 13.8. The van der Waals surface area contributed by atoms with Crippen molar-refractivity contribution in [2.45, 2.75) is 81.9 Å². The van der Waals surface area contributed by atoms with Crippen LogP contribution in [0.4, 0.5) is 5.69 Å². The molecule has 41 heavy (non-hydrogen) atoms. The van der Waals surface area contributed by atoms with Crippen molar-refractivity contribution in [1.82, 2.24) is 9.80 Å². The van der Waals surface area contributed by atoms with Crippen molar-refractivity contribution in [1.29, 1.82) is 0 Å². The number of hydrogen-bond acceptors (Lipinski definition) is 5. The summed E-state index contributed by atoms with van der Waals surface area (Å²) in [5.74, 6) is -1.68. The lowest BCUT2D eigenvalue weighted by Gasteiger charge is -2.46. The Bertz CT molecular complexity index is 1190. The molecule has 0 saturated carbocycles. The Morgan fingerprint density at radius 3 is 2.27 bits per heavy atom. The van der Waals surface area contributed by atoms with Gasteiger partial charge in [-0.3, -0.25) is 14.4 Å². The topological polar surface area (TPSA) is 81.2 Å². The third-order valence-electron chi connectivity index (χ3n) is 9.03. The monoisotopic (exact) mass is 581 g/mol. The van der Waals surface area contributed by atoms with Gasteiger partial charge in [-0.2, -0.15) is 0 Å². The zero-order chi connectivity index (χ0) is 30.4. The van der Waals surface area contributed by atoms with Crippen LogP contribution in [-0.4, -0.2) is 79.9 Å². The quantitative estimate of drug-likeness (QED) is 0.376. The molecule has 5 atom stereocenters. The number of amides is 3. The lowest BCUT2D eigenvalue weighted by molar-refractivity contribution is -0.147. The van der Waals surface area contributed by atoms with Gasteiger partial charge in [0.2, 0.25) is 17.7 Å². The first-order chi connectivity index (χ1) is 19.2. The normalized spacial score (nSPS) is 28.9. The van der Waals surface area contributed by atoms with E-state index in [0.29, 0.717) is 19.5 Å². The highest BCUT2D eigenvalue weighted by Crippen LogP contribution is 2.71. The van der Waals surface area contributed by atoms with E-state index < -0.39 is 32.9 Å². The van der Waals surface area contributed by atoms with Gasteiger partial charge in [-0.05, 0) is 57.6 Å². The highest BCUT2D eigenvalue weighted by atomic mass is 32.2. The second kappa shape index (κ2) is 11.3. The Balaban J connectivity index is 1.79. The molecule has 224 valence electrons. The van der Waals surface area contributed by atoms with Crippen LogP contribution in [0.25, 0.3) is 0 Å². The summed E-state index contributed by atoms with van der Waals surface area (Å²) in [6.07, 6.45) is 5.61. The van der Waals surface area contributed by atoms with E-state index in [1.165, 1.54) is 0 Å². The number of carbonyl (C=O) groups excluding carboxylic acids is 3. The number of rotatable bonds is 11. The van der Waals surface area contributed by atoms with Crippen molar-refractivity contribution >= 4 is 35.2 Å². The summed E-state index contributed by atoms with van der Waals surface area (Å²) in [5.41, 5.74) is 0.229. The lowest BCUT2D eigenvalue weighted by Crippen LogP contribution is -2.60. The smallest absolute Gasteiger partial charge is 0.247 e. The van der Waals surface area contributed by atoms with Gasteiger partial charge in [-0.1, -0.05) is 51.1 Å². The van der Waals surface area contributed by atoms with Crippen LogP contribution in [0.15, 0.2) is 55.6 Å². The van der Waals surface area contributed by atoms with Crippen LogP contribution >= 0.6 is 11.8 Å². The molecule has 1 spiro atoms. The predicted octanol–water partition coefficient (Wildman–Crippen LogP) is 4.91. The zero-order valence-electron chi connectivity index (χ0n) is 25.6. The third-order valence-corrected chi connectivity index (χ3v) is 11.0. The summed E-state index contributed by atoms with van der Waals surface area (Å²) < 4.78 is -1.23. The average Bonchev–Trinajstić information content (AvgIpc) is 3.45. The van der Waals surface area contributed by atoms with Crippen molar-refractivity contribution in [2.24, 2.45) is 17.3 Å². The summed E-state index contributed by atoms with van der Waals surface area (Å²) in [4.78, 5) is 48.7. The van der Waals surface area contributed by atoms with Gasteiger partial charge in [0.05, 0.1) is 23.2 Å². The number of thioether (sulfide) groups is 1. The highest BCUT2D eigenvalue weighted by molar-refractivity contribution is 8.02. The summed E-state index contributed by atoms with van der Waals surface area (Å²) in [6, 6.07) is 8.72. The molecule has 3 fully saturated rings. The molecule has 7 nitrogen and oxygen atoms in total. The SMILES string of the molecule is C=CCN(C(=O)[C@H]1[C@H]2C(=O)N(CCO)C(C(=O)N(CC=C)C(C)(C)CC(C)(C)C)C23CC[C@]1(C)S3)c1ccccc1. The van der Waals surface area contributed by atoms with Gasteiger partial charge in [0.1, 0.15) is 6.04 Å². The Hall–Kier alpha value is -2.58. The number of carbonyl (C=O) groups is 3. The fourth-order valence-electron chi connectivity index (χ4n) is 7.96. The summed E-state index contributed by atoms with van der Waals surface area (Å²) in [7, 11) is 0. The molecule has 1 N–H and O–H groups in total. The Morgan fingerprint density at radius 2 is 1.71 bits per heavy atom. The number of benzene rings is 1. The van der Waals surface area contributed by atoms with Crippen molar-refractivity contribution < 1.29 is 19.5 Å². The second-order valence-corrected chi connectivity index (χ2v) is 15.7. The number of para-hydroxylation sites is 1. The number of anilines is 1. The molecule has 3 heterocycles. The van der Waals surface area contributed by atoms with E-state index in [4.69, 9.17) is 0 Å². The first-order valence-electron chi connectivity index (χ1n) is 14.7. The van der Waals surface area contributed by atoms with Crippen LogP contribution < -0.4 is 4.90 Å². The van der Waals surface area contributed by atoms with Crippen LogP contribution in [0.3, 0.4) is 0 Å². The first kappa shape index (κ1) is 31.4. The molecule has 2 bridgehead atoms. The molecular weight excluding hydrogens is 534 g/mol. The van der Waals surface area contributed by atoms with Crippen molar-refractivity contribution in [3.63, 3.8) is 0 Å². The number of aliphatic hydroxyl groups is 1. The standard InChI is InChI=1S/C33H47N3O4S/c1-9-18-34(23-14-12-11-13-15-23)27(38)24-25-28(39)35(20-21-37)26(33(25)17-16-32(24,8)41-33)29(40)36(19-10-2)31(6,7)22-30(3,4)5/h9-15,24-26,37H,1-2,16-22H2,3-8H3/t24-,25+,26?,32+,33?/m1/s1. The molecule has 1 aromatic carbocycles. The highest BCUT2D eigenvalue weighted by Gasteiger charge is 2.77. The van der Waals surface area contributed by atoms with Gasteiger partial charge in [0.15, 0.2) is 0 Å². The van der Waals surface area contributed by atoms with Crippen LogP contribution in [0.2, 0.25) is 0 Å². The van der Waals surface area contributed by atoms with Crippen LogP contribution in [0.5, 0.6) is 0 Å². The van der Waals surface area contributed by atoms with E-state index in [9.17, 15) is 19.5 Å². The number of β-amino-alcohol motifs (C(OH)–C–C–N with tert-alkyl or cyclic N) is 1. The number of hydrogen-bond donors (Lipinski definition) is 1. The van der Waals surface area contributed by atoms with Crippen molar-refractivity contribution in [2.75, 3.05) is 31.1 Å². The molecule has 3 aliphatic rings. The Morgan fingerprint density at radius 1 is 1.07 bits per heavy atom. The fourth-order valence-corrected chi connectivity index (χ4v) is 10.3. The molecule has 1 aromatic rings. The Kier molecular flexibility index (Phi) is 8.60. The lowest BCUT2D eigenvalue weighted by atomic mass is 9.66. The van der Waals surface area contributed by atoms with Gasteiger partial charge >= 0.3 is 0 Å². The first-order valence-corrected chi connectivity index (χ1v) is 15.5. The molecule has 3 saturated heterocycles. The van der Waals surface area contributed by atoms with Crippen LogP contribution in [-0.2, 0) is 14.4 Å². The predicted molar refractivity (Wildman–Crippen MR) is 167 cm³/mol. The van der Waals surface area contributed by atoms with Gasteiger partial charge < -0.3 is 19.8 Å². The van der Waals surface area contributed by atoms with Crippen LogP contribution in [0, 0.1) is 17.3 Å². The van der Waals surface area contributed by atoms with Gasteiger partial charge in [0, 0.05) is 35.6 Å². The minimum Gasteiger partial charge on any atom is -0.395 e. The maximum Gasteiger partial charge on any atom is 0.247 e. The van der Waals surface area contributed by atoms with Crippen molar-refractivity contribution in [3.05, 3.63) is 55.6 Å². The molecule has 3 amide bonds. The molecule has 3 aliphatic heterocycles. The minimum atomic E-state index is -0.763. The Labute approximate surface area is 250 Å². The molecule has 4 rings (SSSR count). The maximum absolute atomic E-state index is 14.7. The molecule has 0 radical (unpaired) electrons. The maximum atomic E-state index is 14.7. The summed E-state index contributed by atoms with van der Waals surface area (Å²) in [6.45, 7) is 21.0. The molecule has 0 aliphatic carbocycles. The average molecular weight is 582 g/mol. The van der Waals surface area contributed by atoms with E-state index in [2.05, 4.69) is 54.7 Å². The number of nitrogens with zero attached hydrogens (tertiary/aromatic N) is 3. The van der Waals surface area contributed by atoms with Gasteiger partial charge in [-0.25, -0.2) is 0 Å². The van der Waals surface area contributed by atoms with Gasteiger partial charge in [-0.15, -0.1) is 24.9 Å². The number of likely N-dealkylation sites (tertiary alicyclic amines) is 1. The summed E-state index contributed by atoms with van der Waals surface area (Å²) in [5, 5.41) is 10.0. The van der Waals surface area contributed by atoms with E-state index in [1.54, 1.807) is 33.7 Å². The minimum absolute atomic E-state index is 0.0299. The largest absolute Gasteiger partial charge is 0.395 e. The molecule has 8 heteroatoms. The third kappa shape index (κ3) is 5.38. The number of aliphatic hydroxyl groups excluding tert-OH is 1. The molecule has 2 unspecified atom stereocenters. The molecule has 0 aromatic heterocycles. The summed E-state index contributed by atoms with van der Waals surface area (Å²) >= 11 is 1.66. The molecular formula is C33H47N3O4S. The van der Waals surface area contributed by atoms with E-state index in [0.717, 1.165) is 18.5 Å². The fraction of sp³-hybridized carbons (Fsp3) is 0.606. The van der Waals surface area contributed by atoms with E-state index in [1.807, 2.05) is 35.2 Å². The van der Waals surface area contributed by atoms with Gasteiger partial charge in [0.25, 0.3) is 0 Å².